The molecule has 0 heterocycles. The summed E-state index contributed by atoms with van der Waals surface area (Å²) < 4.78 is 28.3. The first kappa shape index (κ1) is 16.2. The molecule has 12 heteroatoms. The fourth-order valence-corrected chi connectivity index (χ4v) is 1.04. The maximum Gasteiger partial charge on any atom is 0.365 e. The van der Waals surface area contributed by atoms with Crippen LogP contribution in [0.1, 0.15) is 12.8 Å². The van der Waals surface area contributed by atoms with Crippen molar-refractivity contribution in [3.8, 4) is 0 Å². The van der Waals surface area contributed by atoms with Gasteiger partial charge in [0.05, 0.1) is 12.8 Å². The van der Waals surface area contributed by atoms with Gasteiger partial charge in [-0.2, -0.15) is 8.42 Å². The summed E-state index contributed by atoms with van der Waals surface area (Å²) in [5.74, 6) is -5.30. The van der Waals surface area contributed by atoms with Crippen LogP contribution < -0.4 is 4.89 Å². The van der Waals surface area contributed by atoms with Crippen molar-refractivity contribution in [2.45, 2.75) is 18.4 Å². The van der Waals surface area contributed by atoms with Gasteiger partial charge in [-0.15, -0.1) is 0 Å². The molecule has 0 aliphatic heterocycles. The zero-order valence-corrected chi connectivity index (χ0v) is 9.38. The van der Waals surface area contributed by atoms with E-state index in [0.29, 0.717) is 0 Å². The number of hydrogen-bond acceptors (Lipinski definition) is 7. The Hall–Kier alpha value is -1.76. The average Bonchev–Trinajstić information content (AvgIpc) is 2.11. The molecule has 0 aliphatic rings. The van der Waals surface area contributed by atoms with Crippen LogP contribution >= 0.6 is 0 Å². The van der Waals surface area contributed by atoms with Crippen LogP contribution in [0.3, 0.4) is 0 Å². The zero-order valence-electron chi connectivity index (χ0n) is 8.56. The van der Waals surface area contributed by atoms with E-state index in [1.807, 2.05) is 0 Å². The van der Waals surface area contributed by atoms with E-state index in [4.69, 9.17) is 14.8 Å². The van der Waals surface area contributed by atoms with Crippen molar-refractivity contribution in [1.29, 1.82) is 0 Å². The molecular formula is C6H9NO10S. The first-order valence-electron chi connectivity index (χ1n) is 4.08. The number of carboxylic acids is 2. The summed E-state index contributed by atoms with van der Waals surface area (Å²) in [5.41, 5.74) is -2.95. The quantitative estimate of drug-likeness (QED) is 0.247. The van der Waals surface area contributed by atoms with E-state index in [9.17, 15) is 27.9 Å². The summed E-state index contributed by atoms with van der Waals surface area (Å²) in [6.07, 6.45) is -2.64. The first-order valence-corrected chi connectivity index (χ1v) is 5.52. The van der Waals surface area contributed by atoms with Gasteiger partial charge in [0.1, 0.15) is 0 Å². The van der Waals surface area contributed by atoms with Gasteiger partial charge in [-0.1, -0.05) is 0 Å². The van der Waals surface area contributed by atoms with Crippen molar-refractivity contribution in [1.82, 2.24) is 4.89 Å². The van der Waals surface area contributed by atoms with Crippen molar-refractivity contribution in [3.05, 3.63) is 0 Å². The van der Waals surface area contributed by atoms with E-state index in [0.717, 1.165) is 4.89 Å². The molecule has 11 nitrogen and oxygen atoms in total. The second-order valence-electron chi connectivity index (χ2n) is 3.12. The molecule has 0 saturated heterocycles. The molecule has 18 heavy (non-hydrogen) atoms. The molecule has 0 rings (SSSR count). The molecule has 0 amide bonds. The van der Waals surface area contributed by atoms with Gasteiger partial charge in [0, 0.05) is 0 Å². The van der Waals surface area contributed by atoms with Crippen molar-refractivity contribution in [2.24, 2.45) is 0 Å². The number of carbonyl (C=O) groups is 3. The predicted molar refractivity (Wildman–Crippen MR) is 50.2 cm³/mol. The SMILES string of the molecule is O=C(O)CC(O)(CC(=O)ONS(=O)(=O)O)C(=O)O. The van der Waals surface area contributed by atoms with Crippen LogP contribution in [0.4, 0.5) is 0 Å². The molecule has 0 aromatic rings. The third-order valence-electron chi connectivity index (χ3n) is 1.54. The summed E-state index contributed by atoms with van der Waals surface area (Å²) >= 11 is 0. The summed E-state index contributed by atoms with van der Waals surface area (Å²) in [5, 5.41) is 26.2. The molecule has 0 radical (unpaired) electrons. The van der Waals surface area contributed by atoms with E-state index in [-0.39, 0.29) is 0 Å². The summed E-state index contributed by atoms with van der Waals surface area (Å²) in [6, 6.07) is 0. The van der Waals surface area contributed by atoms with Gasteiger partial charge in [-0.3, -0.25) is 14.1 Å². The summed E-state index contributed by atoms with van der Waals surface area (Å²) in [6.45, 7) is 0. The molecule has 0 spiro atoms. The third-order valence-corrected chi connectivity index (χ3v) is 1.83. The molecule has 104 valence electrons. The monoisotopic (exact) mass is 287 g/mol. The number of carbonyl (C=O) groups excluding carboxylic acids is 1. The molecule has 0 saturated carbocycles. The minimum Gasteiger partial charge on any atom is -0.481 e. The standard InChI is InChI=1S/C6H9NO10S/c8-3(9)1-6(13,5(11)12)2-4(10)17-7-18(14,15)16/h7,13H,1-2H2,(H,8,9)(H,11,12)(H,14,15,16). The topological polar surface area (TPSA) is 188 Å². The van der Waals surface area contributed by atoms with Gasteiger partial charge in [-0.25, -0.2) is 4.79 Å². The van der Waals surface area contributed by atoms with E-state index < -0.39 is 46.7 Å². The van der Waals surface area contributed by atoms with Gasteiger partial charge < -0.3 is 20.2 Å². The molecule has 1 unspecified atom stereocenters. The molecule has 0 aliphatic carbocycles. The van der Waals surface area contributed by atoms with Crippen molar-refractivity contribution >= 4 is 28.2 Å². The Balaban J connectivity index is 4.65. The smallest absolute Gasteiger partial charge is 0.365 e. The molecular weight excluding hydrogens is 278 g/mol. The number of rotatable bonds is 7. The lowest BCUT2D eigenvalue weighted by atomic mass is 9.96. The lowest BCUT2D eigenvalue weighted by Crippen LogP contribution is -2.44. The van der Waals surface area contributed by atoms with E-state index in [2.05, 4.69) is 4.84 Å². The summed E-state index contributed by atoms with van der Waals surface area (Å²) in [4.78, 5) is 36.3. The van der Waals surface area contributed by atoms with Gasteiger partial charge >= 0.3 is 28.2 Å². The predicted octanol–water partition coefficient (Wildman–Crippen LogP) is -2.48. The van der Waals surface area contributed by atoms with Crippen molar-refractivity contribution in [2.75, 3.05) is 0 Å². The van der Waals surface area contributed by atoms with E-state index >= 15 is 0 Å². The second-order valence-corrected chi connectivity index (χ2v) is 4.23. The van der Waals surface area contributed by atoms with Crippen LogP contribution in [-0.2, 0) is 29.5 Å². The van der Waals surface area contributed by atoms with Crippen LogP contribution in [0.15, 0.2) is 0 Å². The van der Waals surface area contributed by atoms with Crippen LogP contribution in [0.25, 0.3) is 0 Å². The van der Waals surface area contributed by atoms with E-state index in [1.54, 1.807) is 0 Å². The highest BCUT2D eigenvalue weighted by Gasteiger charge is 2.41. The average molecular weight is 287 g/mol. The first-order chi connectivity index (χ1) is 7.96. The Morgan fingerprint density at radius 2 is 1.67 bits per heavy atom. The normalized spacial score (nSPS) is 14.6. The largest absolute Gasteiger partial charge is 0.481 e. The third kappa shape index (κ3) is 6.09. The molecule has 0 fully saturated rings. The highest BCUT2D eigenvalue weighted by Crippen LogP contribution is 2.16. The fraction of sp³-hybridized carbons (Fsp3) is 0.500. The lowest BCUT2D eigenvalue weighted by molar-refractivity contribution is -0.173. The summed E-state index contributed by atoms with van der Waals surface area (Å²) in [7, 11) is -4.86. The maximum atomic E-state index is 10.9. The molecule has 0 bridgehead atoms. The highest BCUT2D eigenvalue weighted by molar-refractivity contribution is 7.83. The molecule has 5 N–H and O–H groups in total. The Bertz CT molecular complexity index is 455. The Labute approximate surface area is 99.8 Å². The molecule has 0 aromatic carbocycles. The molecule has 1 atom stereocenters. The number of aliphatic carboxylic acids is 2. The van der Waals surface area contributed by atoms with Crippen molar-refractivity contribution in [3.63, 3.8) is 0 Å². The Morgan fingerprint density at radius 1 is 1.17 bits per heavy atom. The van der Waals surface area contributed by atoms with Gasteiger partial charge in [0.25, 0.3) is 0 Å². The van der Waals surface area contributed by atoms with Gasteiger partial charge in [-0.05, 0) is 4.89 Å². The Kier molecular flexibility index (Phi) is 5.16. The second kappa shape index (κ2) is 5.72. The number of carboxylic acid groups (broad SMARTS) is 2. The molecule has 0 aromatic heterocycles. The van der Waals surface area contributed by atoms with Gasteiger partial charge in [0.15, 0.2) is 5.60 Å². The number of nitrogens with one attached hydrogen (secondary N) is 1. The highest BCUT2D eigenvalue weighted by atomic mass is 32.2. The minimum absolute atomic E-state index is 0.863. The maximum absolute atomic E-state index is 10.9. The zero-order chi connectivity index (χ0) is 14.6. The number of hydrogen-bond donors (Lipinski definition) is 5. The van der Waals surface area contributed by atoms with Crippen LogP contribution in [0.5, 0.6) is 0 Å². The van der Waals surface area contributed by atoms with Gasteiger partial charge in [0.2, 0.25) is 0 Å². The number of aliphatic hydroxyl groups is 1. The van der Waals surface area contributed by atoms with Crippen LogP contribution in [0.2, 0.25) is 0 Å². The van der Waals surface area contributed by atoms with Crippen molar-refractivity contribution < 1.29 is 47.5 Å². The lowest BCUT2D eigenvalue weighted by Gasteiger charge is -2.19. The fourth-order valence-electron chi connectivity index (χ4n) is 0.838. The van der Waals surface area contributed by atoms with E-state index in [1.165, 1.54) is 0 Å². The van der Waals surface area contributed by atoms with Crippen LogP contribution in [-0.4, -0.2) is 51.8 Å². The van der Waals surface area contributed by atoms with Crippen LogP contribution in [0, 0.1) is 0 Å². The Morgan fingerprint density at radius 3 is 2.00 bits per heavy atom. The minimum atomic E-state index is -4.86.